The van der Waals surface area contributed by atoms with Crippen LogP contribution in [-0.2, 0) is 0 Å². The van der Waals surface area contributed by atoms with Crippen LogP contribution in [0.4, 0.5) is 0 Å². The molecule has 0 bridgehead atoms. The maximum atomic E-state index is 5.77. The molecule has 88 valence electrons. The van der Waals surface area contributed by atoms with Gasteiger partial charge in [0, 0.05) is 0 Å². The van der Waals surface area contributed by atoms with E-state index in [4.69, 9.17) is 4.74 Å². The lowest BCUT2D eigenvalue weighted by molar-refractivity contribution is 0.303. The summed E-state index contributed by atoms with van der Waals surface area (Å²) in [6.45, 7) is 8.72. The van der Waals surface area contributed by atoms with E-state index in [0.29, 0.717) is 0 Å². The third-order valence-corrected chi connectivity index (χ3v) is 2.65. The Kier molecular flexibility index (Phi) is 5.69. The van der Waals surface area contributed by atoms with E-state index < -0.39 is 0 Å². The van der Waals surface area contributed by atoms with Crippen molar-refractivity contribution in [3.05, 3.63) is 42.0 Å². The number of benzene rings is 1. The van der Waals surface area contributed by atoms with Crippen molar-refractivity contribution in [2.45, 2.75) is 39.5 Å². The smallest absolute Gasteiger partial charge is 0.122 e. The highest BCUT2D eigenvalue weighted by molar-refractivity contribution is 5.35. The Labute approximate surface area is 99.1 Å². The van der Waals surface area contributed by atoms with Crippen LogP contribution in [0.2, 0.25) is 0 Å². The number of allylic oxidation sites excluding steroid dienone is 1. The van der Waals surface area contributed by atoms with E-state index in [9.17, 15) is 0 Å². The van der Waals surface area contributed by atoms with Gasteiger partial charge in [0.15, 0.2) is 0 Å². The van der Waals surface area contributed by atoms with Gasteiger partial charge in [-0.3, -0.25) is 0 Å². The second-order valence-electron chi connectivity index (χ2n) is 4.26. The minimum absolute atomic E-state index is 0.821. The fraction of sp³-hybridized carbons (Fsp3) is 0.467. The molecule has 0 fully saturated rings. The van der Waals surface area contributed by atoms with Crippen LogP contribution in [0.3, 0.4) is 0 Å². The Balaban J connectivity index is 2.26. The zero-order chi connectivity index (χ0) is 11.8. The molecule has 0 unspecified atom stereocenters. The van der Waals surface area contributed by atoms with Gasteiger partial charge in [0.2, 0.25) is 0 Å². The molecule has 0 atom stereocenters. The number of aryl methyl sites for hydroxylation is 2. The van der Waals surface area contributed by atoms with Gasteiger partial charge in [0.25, 0.3) is 0 Å². The van der Waals surface area contributed by atoms with E-state index in [1.54, 1.807) is 0 Å². The quantitative estimate of drug-likeness (QED) is 0.486. The number of hydrogen-bond acceptors (Lipinski definition) is 1. The molecule has 0 spiro atoms. The zero-order valence-electron chi connectivity index (χ0n) is 10.5. The number of ether oxygens (including phenoxy) is 1. The number of rotatable bonds is 7. The molecule has 0 N–H and O–H groups in total. The first-order valence-corrected chi connectivity index (χ1v) is 6.05. The van der Waals surface area contributed by atoms with Crippen molar-refractivity contribution in [3.63, 3.8) is 0 Å². The Morgan fingerprint density at radius 2 is 2.00 bits per heavy atom. The fourth-order valence-electron chi connectivity index (χ4n) is 1.61. The summed E-state index contributed by atoms with van der Waals surface area (Å²) in [5.41, 5.74) is 2.48. The molecule has 1 rings (SSSR count). The van der Waals surface area contributed by atoms with Gasteiger partial charge < -0.3 is 4.74 Å². The standard InChI is InChI=1S/C15H22O/c1-4-5-6-7-8-11-16-15-12-13(2)9-10-14(15)3/h4,9-10,12H,1,5-8,11H2,2-3H3. The van der Waals surface area contributed by atoms with Gasteiger partial charge in [0.05, 0.1) is 6.61 Å². The fourth-order valence-corrected chi connectivity index (χ4v) is 1.61. The molecule has 1 aromatic carbocycles. The number of unbranched alkanes of at least 4 members (excludes halogenated alkanes) is 3. The lowest BCUT2D eigenvalue weighted by atomic mass is 10.1. The summed E-state index contributed by atoms with van der Waals surface area (Å²) in [4.78, 5) is 0. The van der Waals surface area contributed by atoms with Gasteiger partial charge in [-0.15, -0.1) is 6.58 Å². The van der Waals surface area contributed by atoms with Crippen LogP contribution in [0.15, 0.2) is 30.9 Å². The van der Waals surface area contributed by atoms with Crippen LogP contribution in [0.25, 0.3) is 0 Å². The minimum atomic E-state index is 0.821. The normalized spacial score (nSPS) is 10.1. The molecule has 0 saturated heterocycles. The summed E-state index contributed by atoms with van der Waals surface area (Å²) in [6.07, 6.45) is 6.66. The van der Waals surface area contributed by atoms with Crippen LogP contribution in [-0.4, -0.2) is 6.61 Å². The van der Waals surface area contributed by atoms with E-state index in [-0.39, 0.29) is 0 Å². The van der Waals surface area contributed by atoms with Crippen LogP contribution in [0.5, 0.6) is 5.75 Å². The summed E-state index contributed by atoms with van der Waals surface area (Å²) in [5, 5.41) is 0. The van der Waals surface area contributed by atoms with E-state index in [1.807, 2.05) is 6.08 Å². The van der Waals surface area contributed by atoms with Gasteiger partial charge in [-0.05, 0) is 56.7 Å². The highest BCUT2D eigenvalue weighted by Crippen LogP contribution is 2.19. The maximum absolute atomic E-state index is 5.77. The topological polar surface area (TPSA) is 9.23 Å². The zero-order valence-corrected chi connectivity index (χ0v) is 10.5. The maximum Gasteiger partial charge on any atom is 0.122 e. The van der Waals surface area contributed by atoms with Crippen molar-refractivity contribution in [1.82, 2.24) is 0 Å². The predicted octanol–water partition coefficient (Wildman–Crippen LogP) is 4.43. The molecule has 0 radical (unpaired) electrons. The van der Waals surface area contributed by atoms with E-state index in [0.717, 1.165) is 25.2 Å². The Morgan fingerprint density at radius 1 is 1.19 bits per heavy atom. The second kappa shape index (κ2) is 7.10. The van der Waals surface area contributed by atoms with Crippen LogP contribution in [0, 0.1) is 13.8 Å². The van der Waals surface area contributed by atoms with Crippen molar-refractivity contribution in [3.8, 4) is 5.75 Å². The average molecular weight is 218 g/mol. The van der Waals surface area contributed by atoms with Crippen LogP contribution in [0.1, 0.15) is 36.8 Å². The van der Waals surface area contributed by atoms with Gasteiger partial charge in [-0.1, -0.05) is 18.2 Å². The summed E-state index contributed by atoms with van der Waals surface area (Å²) >= 11 is 0. The third-order valence-electron chi connectivity index (χ3n) is 2.65. The van der Waals surface area contributed by atoms with E-state index in [2.05, 4.69) is 38.6 Å². The minimum Gasteiger partial charge on any atom is -0.493 e. The first-order valence-electron chi connectivity index (χ1n) is 6.05. The van der Waals surface area contributed by atoms with Crippen molar-refractivity contribution < 1.29 is 4.74 Å². The molecule has 16 heavy (non-hydrogen) atoms. The molecule has 0 aliphatic heterocycles. The van der Waals surface area contributed by atoms with Crippen molar-refractivity contribution in [2.24, 2.45) is 0 Å². The molecular formula is C15H22O. The largest absolute Gasteiger partial charge is 0.493 e. The highest BCUT2D eigenvalue weighted by Gasteiger charge is 1.99. The molecule has 1 aromatic rings. The van der Waals surface area contributed by atoms with Gasteiger partial charge in [-0.25, -0.2) is 0 Å². The Morgan fingerprint density at radius 3 is 2.75 bits per heavy atom. The molecule has 0 saturated carbocycles. The summed E-state index contributed by atoms with van der Waals surface area (Å²) < 4.78 is 5.77. The molecule has 1 heteroatoms. The van der Waals surface area contributed by atoms with Gasteiger partial charge in [0.1, 0.15) is 5.75 Å². The van der Waals surface area contributed by atoms with Crippen molar-refractivity contribution in [2.75, 3.05) is 6.61 Å². The van der Waals surface area contributed by atoms with E-state index >= 15 is 0 Å². The number of hydrogen-bond donors (Lipinski definition) is 0. The molecule has 1 nitrogen and oxygen atoms in total. The van der Waals surface area contributed by atoms with Gasteiger partial charge in [-0.2, -0.15) is 0 Å². The molecule has 0 aliphatic carbocycles. The average Bonchev–Trinajstić information content (AvgIpc) is 2.28. The summed E-state index contributed by atoms with van der Waals surface area (Å²) in [5.74, 6) is 1.03. The molecule has 0 heterocycles. The predicted molar refractivity (Wildman–Crippen MR) is 70.1 cm³/mol. The van der Waals surface area contributed by atoms with Gasteiger partial charge >= 0.3 is 0 Å². The lowest BCUT2D eigenvalue weighted by Gasteiger charge is -2.09. The van der Waals surface area contributed by atoms with Crippen molar-refractivity contribution >= 4 is 0 Å². The first-order chi connectivity index (χ1) is 7.74. The molecule has 0 aromatic heterocycles. The third kappa shape index (κ3) is 4.52. The summed E-state index contributed by atoms with van der Waals surface area (Å²) in [6, 6.07) is 6.34. The first kappa shape index (κ1) is 12.8. The Bertz CT molecular complexity index is 328. The van der Waals surface area contributed by atoms with Crippen molar-refractivity contribution in [1.29, 1.82) is 0 Å². The molecular weight excluding hydrogens is 196 g/mol. The summed E-state index contributed by atoms with van der Waals surface area (Å²) in [7, 11) is 0. The SMILES string of the molecule is C=CCCCCCOc1cc(C)ccc1C. The lowest BCUT2D eigenvalue weighted by Crippen LogP contribution is -1.99. The monoisotopic (exact) mass is 218 g/mol. The van der Waals surface area contributed by atoms with Crippen LogP contribution >= 0.6 is 0 Å². The van der Waals surface area contributed by atoms with Crippen LogP contribution < -0.4 is 4.74 Å². The Hall–Kier alpha value is -1.24. The molecule has 0 amide bonds. The highest BCUT2D eigenvalue weighted by atomic mass is 16.5. The second-order valence-corrected chi connectivity index (χ2v) is 4.26. The van der Waals surface area contributed by atoms with E-state index in [1.165, 1.54) is 24.0 Å². The molecule has 0 aliphatic rings.